The van der Waals surface area contributed by atoms with Crippen LogP contribution in [0.5, 0.6) is 11.5 Å². The molecule has 0 saturated carbocycles. The predicted molar refractivity (Wildman–Crippen MR) is 68.2 cm³/mol. The fraction of sp³-hybridized carbons (Fsp3) is 0.571. The molecule has 2 atom stereocenters. The van der Waals surface area contributed by atoms with Gasteiger partial charge >= 0.3 is 0 Å². The molecule has 0 bridgehead atoms. The first kappa shape index (κ1) is 13.2. The predicted octanol–water partition coefficient (Wildman–Crippen LogP) is 1.64. The molecule has 1 aliphatic rings. The number of hydrogen-bond acceptors (Lipinski definition) is 4. The minimum Gasteiger partial charge on any atom is -0.493 e. The van der Waals surface area contributed by atoms with Crippen LogP contribution in [0.25, 0.3) is 0 Å². The maximum absolute atomic E-state index is 10.1. The zero-order valence-corrected chi connectivity index (χ0v) is 10.9. The Balaban J connectivity index is 2.04. The molecule has 2 unspecified atom stereocenters. The molecule has 4 heteroatoms. The summed E-state index contributed by atoms with van der Waals surface area (Å²) in [5.41, 5.74) is 1.05. The highest BCUT2D eigenvalue weighted by Crippen LogP contribution is 2.29. The molecule has 0 aromatic heterocycles. The van der Waals surface area contributed by atoms with Crippen LogP contribution in [0.4, 0.5) is 0 Å². The fourth-order valence-electron chi connectivity index (χ4n) is 2.27. The Labute approximate surface area is 107 Å². The summed E-state index contributed by atoms with van der Waals surface area (Å²) >= 11 is 0. The van der Waals surface area contributed by atoms with Gasteiger partial charge in [-0.25, -0.2) is 0 Å². The van der Waals surface area contributed by atoms with Crippen molar-refractivity contribution in [3.63, 3.8) is 0 Å². The molecule has 1 heterocycles. The van der Waals surface area contributed by atoms with Crippen LogP contribution in [0.1, 0.15) is 12.0 Å². The van der Waals surface area contributed by atoms with Gasteiger partial charge in [-0.05, 0) is 30.5 Å². The van der Waals surface area contributed by atoms with Crippen LogP contribution in [0.3, 0.4) is 0 Å². The van der Waals surface area contributed by atoms with Crippen molar-refractivity contribution in [1.29, 1.82) is 0 Å². The van der Waals surface area contributed by atoms with E-state index >= 15 is 0 Å². The summed E-state index contributed by atoms with van der Waals surface area (Å²) in [6.07, 6.45) is 1.20. The highest BCUT2D eigenvalue weighted by Gasteiger charge is 2.24. The number of ether oxygens (including phenoxy) is 3. The summed E-state index contributed by atoms with van der Waals surface area (Å²) in [5.74, 6) is 1.66. The van der Waals surface area contributed by atoms with Crippen LogP contribution in [-0.4, -0.2) is 38.6 Å². The lowest BCUT2D eigenvalue weighted by molar-refractivity contribution is 0.0918. The van der Waals surface area contributed by atoms with E-state index in [0.717, 1.165) is 18.6 Å². The van der Waals surface area contributed by atoms with Crippen LogP contribution in [0.2, 0.25) is 0 Å². The quantitative estimate of drug-likeness (QED) is 0.865. The average molecular weight is 252 g/mol. The molecule has 18 heavy (non-hydrogen) atoms. The molecule has 0 aliphatic carbocycles. The lowest BCUT2D eigenvalue weighted by Gasteiger charge is -2.17. The third kappa shape index (κ3) is 2.94. The lowest BCUT2D eigenvalue weighted by Crippen LogP contribution is -2.23. The molecule has 1 saturated heterocycles. The Bertz CT molecular complexity index is 385. The fourth-order valence-corrected chi connectivity index (χ4v) is 2.27. The summed E-state index contributed by atoms with van der Waals surface area (Å²) < 4.78 is 15.7. The Hall–Kier alpha value is -1.26. The molecule has 0 radical (unpaired) electrons. The summed E-state index contributed by atoms with van der Waals surface area (Å²) in [5, 5.41) is 10.1. The Morgan fingerprint density at radius 1 is 1.33 bits per heavy atom. The van der Waals surface area contributed by atoms with Crippen molar-refractivity contribution in [3.05, 3.63) is 23.8 Å². The third-order valence-corrected chi connectivity index (χ3v) is 3.40. The van der Waals surface area contributed by atoms with Crippen LogP contribution in [0.15, 0.2) is 18.2 Å². The standard InChI is InChI=1S/C14H20O4/c1-16-13-4-3-10(8-14(13)17-2)7-12(15)11-5-6-18-9-11/h3-4,8,11-12,15H,5-7,9H2,1-2H3. The summed E-state index contributed by atoms with van der Waals surface area (Å²) in [7, 11) is 3.23. The first-order chi connectivity index (χ1) is 8.74. The zero-order valence-electron chi connectivity index (χ0n) is 10.9. The average Bonchev–Trinajstić information content (AvgIpc) is 2.92. The largest absolute Gasteiger partial charge is 0.493 e. The van der Waals surface area contributed by atoms with Gasteiger partial charge in [-0.2, -0.15) is 0 Å². The number of rotatable bonds is 5. The van der Waals surface area contributed by atoms with E-state index in [1.165, 1.54) is 0 Å². The number of aliphatic hydroxyl groups excluding tert-OH is 1. The first-order valence-electron chi connectivity index (χ1n) is 6.21. The molecule has 4 nitrogen and oxygen atoms in total. The van der Waals surface area contributed by atoms with Crippen LogP contribution < -0.4 is 9.47 Å². The van der Waals surface area contributed by atoms with Gasteiger partial charge in [-0.3, -0.25) is 0 Å². The highest BCUT2D eigenvalue weighted by molar-refractivity contribution is 5.43. The number of benzene rings is 1. The van der Waals surface area contributed by atoms with Gasteiger partial charge in [0.1, 0.15) is 0 Å². The minimum atomic E-state index is -0.356. The molecule has 0 amide bonds. The van der Waals surface area contributed by atoms with Gasteiger partial charge in [0.25, 0.3) is 0 Å². The van der Waals surface area contributed by atoms with E-state index in [2.05, 4.69) is 0 Å². The van der Waals surface area contributed by atoms with Crippen LogP contribution in [0, 0.1) is 5.92 Å². The van der Waals surface area contributed by atoms with Crippen molar-refractivity contribution in [1.82, 2.24) is 0 Å². The van der Waals surface area contributed by atoms with E-state index in [9.17, 15) is 5.11 Å². The highest BCUT2D eigenvalue weighted by atomic mass is 16.5. The van der Waals surface area contributed by atoms with Gasteiger partial charge in [0.05, 0.1) is 26.9 Å². The molecule has 1 aromatic carbocycles. The van der Waals surface area contributed by atoms with E-state index in [-0.39, 0.29) is 12.0 Å². The molecular weight excluding hydrogens is 232 g/mol. The topological polar surface area (TPSA) is 47.9 Å². The zero-order chi connectivity index (χ0) is 13.0. The lowest BCUT2D eigenvalue weighted by atomic mass is 9.95. The summed E-state index contributed by atoms with van der Waals surface area (Å²) in [4.78, 5) is 0. The van der Waals surface area contributed by atoms with Crippen molar-refractivity contribution >= 4 is 0 Å². The molecule has 100 valence electrons. The smallest absolute Gasteiger partial charge is 0.160 e. The third-order valence-electron chi connectivity index (χ3n) is 3.40. The van der Waals surface area contributed by atoms with E-state index < -0.39 is 0 Å². The molecular formula is C14H20O4. The maximum atomic E-state index is 10.1. The van der Waals surface area contributed by atoms with Gasteiger partial charge in [0.2, 0.25) is 0 Å². The van der Waals surface area contributed by atoms with Crippen molar-refractivity contribution in [2.45, 2.75) is 18.9 Å². The second-order valence-electron chi connectivity index (χ2n) is 4.58. The molecule has 1 aliphatic heterocycles. The Morgan fingerprint density at radius 2 is 2.11 bits per heavy atom. The van der Waals surface area contributed by atoms with E-state index in [4.69, 9.17) is 14.2 Å². The second kappa shape index (κ2) is 6.07. The SMILES string of the molecule is COc1ccc(CC(O)C2CCOC2)cc1OC. The summed E-state index contributed by atoms with van der Waals surface area (Å²) in [6.45, 7) is 1.42. The number of methoxy groups -OCH3 is 2. The van der Waals surface area contributed by atoms with E-state index in [1.54, 1.807) is 14.2 Å². The number of hydrogen-bond donors (Lipinski definition) is 1. The Kier molecular flexibility index (Phi) is 4.44. The monoisotopic (exact) mass is 252 g/mol. The normalized spacial score (nSPS) is 20.7. The van der Waals surface area contributed by atoms with Gasteiger partial charge in [0, 0.05) is 12.5 Å². The van der Waals surface area contributed by atoms with Crippen molar-refractivity contribution in [2.75, 3.05) is 27.4 Å². The number of aliphatic hydroxyl groups is 1. The maximum Gasteiger partial charge on any atom is 0.160 e. The van der Waals surface area contributed by atoms with Crippen molar-refractivity contribution in [3.8, 4) is 11.5 Å². The van der Waals surface area contributed by atoms with Crippen LogP contribution >= 0.6 is 0 Å². The van der Waals surface area contributed by atoms with E-state index in [0.29, 0.717) is 24.5 Å². The van der Waals surface area contributed by atoms with Gasteiger partial charge in [-0.15, -0.1) is 0 Å². The first-order valence-corrected chi connectivity index (χ1v) is 6.21. The molecule has 1 N–H and O–H groups in total. The van der Waals surface area contributed by atoms with Crippen molar-refractivity contribution in [2.24, 2.45) is 5.92 Å². The van der Waals surface area contributed by atoms with Gasteiger partial charge < -0.3 is 19.3 Å². The van der Waals surface area contributed by atoms with Gasteiger partial charge in [0.15, 0.2) is 11.5 Å². The second-order valence-corrected chi connectivity index (χ2v) is 4.58. The molecule has 1 aromatic rings. The molecule has 2 rings (SSSR count). The van der Waals surface area contributed by atoms with Crippen LogP contribution in [-0.2, 0) is 11.2 Å². The Morgan fingerprint density at radius 3 is 2.72 bits per heavy atom. The van der Waals surface area contributed by atoms with Crippen molar-refractivity contribution < 1.29 is 19.3 Å². The van der Waals surface area contributed by atoms with Gasteiger partial charge in [-0.1, -0.05) is 6.07 Å². The molecule has 1 fully saturated rings. The van der Waals surface area contributed by atoms with E-state index in [1.807, 2.05) is 18.2 Å². The summed E-state index contributed by atoms with van der Waals surface area (Å²) in [6, 6.07) is 5.74. The minimum absolute atomic E-state index is 0.248. The molecule has 0 spiro atoms.